The number of carbonyl (C=O) groups excluding carboxylic acids is 1. The van der Waals surface area contributed by atoms with Crippen molar-refractivity contribution in [2.75, 3.05) is 20.3 Å². The summed E-state index contributed by atoms with van der Waals surface area (Å²) >= 11 is 0. The van der Waals surface area contributed by atoms with Gasteiger partial charge in [-0.05, 0) is 35.1 Å². The Kier molecular flexibility index (Phi) is 4.99. The van der Waals surface area contributed by atoms with Gasteiger partial charge < -0.3 is 15.0 Å². The number of ether oxygens (including phenoxy) is 1. The predicted octanol–water partition coefficient (Wildman–Crippen LogP) is 3.03. The number of methoxy groups -OCH3 is 1. The average molecular weight is 362 g/mol. The quantitative estimate of drug-likeness (QED) is 0.889. The number of nitrogens with zero attached hydrogens (tertiary/aromatic N) is 1. The number of amides is 1. The number of nitrogens with one attached hydrogen (secondary N) is 1. The zero-order valence-electron chi connectivity index (χ0n) is 15.8. The van der Waals surface area contributed by atoms with Gasteiger partial charge in [0.2, 0.25) is 5.91 Å². The van der Waals surface area contributed by atoms with Crippen LogP contribution in [0.1, 0.15) is 28.2 Å². The van der Waals surface area contributed by atoms with Crippen LogP contribution < -0.4 is 5.32 Å². The Morgan fingerprint density at radius 3 is 2.41 bits per heavy atom. The fourth-order valence-corrected chi connectivity index (χ4v) is 4.29. The number of hydrogen-bond acceptors (Lipinski definition) is 3. The minimum absolute atomic E-state index is 0.107. The van der Waals surface area contributed by atoms with Crippen LogP contribution in [0.15, 0.2) is 60.8 Å². The molecule has 140 valence electrons. The van der Waals surface area contributed by atoms with E-state index < -0.39 is 0 Å². The van der Waals surface area contributed by atoms with Gasteiger partial charge in [0.25, 0.3) is 0 Å². The molecule has 1 heterocycles. The molecule has 0 spiro atoms. The van der Waals surface area contributed by atoms with Crippen molar-refractivity contribution in [2.24, 2.45) is 0 Å². The second-order valence-electron chi connectivity index (χ2n) is 7.51. The van der Waals surface area contributed by atoms with Crippen LogP contribution >= 0.6 is 0 Å². The molecular weight excluding hydrogens is 336 g/mol. The van der Waals surface area contributed by atoms with Crippen molar-refractivity contribution in [3.8, 4) is 0 Å². The number of fused-ring (bicyclic) bond motifs is 2. The first-order valence-corrected chi connectivity index (χ1v) is 9.52. The van der Waals surface area contributed by atoms with Gasteiger partial charge in [0.05, 0.1) is 12.5 Å². The van der Waals surface area contributed by atoms with Gasteiger partial charge in [0, 0.05) is 31.9 Å². The van der Waals surface area contributed by atoms with Crippen LogP contribution in [0.3, 0.4) is 0 Å². The van der Waals surface area contributed by atoms with Crippen molar-refractivity contribution in [1.29, 1.82) is 0 Å². The van der Waals surface area contributed by atoms with Crippen LogP contribution in [0, 0.1) is 0 Å². The molecule has 0 aromatic heterocycles. The lowest BCUT2D eigenvalue weighted by Crippen LogP contribution is -2.44. The maximum atomic E-state index is 13.2. The molecule has 0 saturated heterocycles. The van der Waals surface area contributed by atoms with Gasteiger partial charge in [0.1, 0.15) is 0 Å². The van der Waals surface area contributed by atoms with E-state index in [1.54, 1.807) is 7.11 Å². The first-order chi connectivity index (χ1) is 13.2. The third-order valence-electron chi connectivity index (χ3n) is 5.67. The lowest BCUT2D eigenvalue weighted by Gasteiger charge is -2.36. The number of hydrogen-bond donors (Lipinski definition) is 1. The van der Waals surface area contributed by atoms with Crippen molar-refractivity contribution in [1.82, 2.24) is 10.2 Å². The standard InChI is InChI=1S/C23H26N2O2/c1-16(15-27-2)25-13-19-9-5-6-10-21(19)22(14-25)23(26)24-20-11-17-7-3-4-8-18(17)12-20/h3-10,20,22H,1,11-15H2,2H3,(H,24,26). The van der Waals surface area contributed by atoms with E-state index in [0.717, 1.165) is 30.6 Å². The molecule has 4 rings (SSSR count). The molecule has 4 heteroatoms. The van der Waals surface area contributed by atoms with Crippen molar-refractivity contribution >= 4 is 5.91 Å². The molecule has 2 aromatic rings. The molecule has 2 aliphatic rings. The number of benzene rings is 2. The molecule has 1 N–H and O–H groups in total. The van der Waals surface area contributed by atoms with E-state index in [1.807, 2.05) is 12.1 Å². The Hall–Kier alpha value is -2.59. The van der Waals surface area contributed by atoms with Gasteiger partial charge in [-0.3, -0.25) is 4.79 Å². The van der Waals surface area contributed by atoms with E-state index >= 15 is 0 Å². The van der Waals surface area contributed by atoms with E-state index in [9.17, 15) is 4.79 Å². The zero-order chi connectivity index (χ0) is 18.8. The van der Waals surface area contributed by atoms with Crippen LogP contribution in [-0.4, -0.2) is 37.1 Å². The highest BCUT2D eigenvalue weighted by Crippen LogP contribution is 2.31. The molecule has 0 bridgehead atoms. The van der Waals surface area contributed by atoms with Crippen LogP contribution in [-0.2, 0) is 28.9 Å². The van der Waals surface area contributed by atoms with Crippen molar-refractivity contribution in [2.45, 2.75) is 31.3 Å². The predicted molar refractivity (Wildman–Crippen MR) is 106 cm³/mol. The monoisotopic (exact) mass is 362 g/mol. The highest BCUT2D eigenvalue weighted by atomic mass is 16.5. The smallest absolute Gasteiger partial charge is 0.229 e. The third kappa shape index (κ3) is 3.62. The van der Waals surface area contributed by atoms with Crippen molar-refractivity contribution in [3.05, 3.63) is 83.1 Å². The average Bonchev–Trinajstić information content (AvgIpc) is 3.09. The SMILES string of the molecule is C=C(COC)N1Cc2ccccc2C(C(=O)NC2Cc3ccccc3C2)C1. The first kappa shape index (κ1) is 17.8. The van der Waals surface area contributed by atoms with Crippen molar-refractivity contribution in [3.63, 3.8) is 0 Å². The van der Waals surface area contributed by atoms with Gasteiger partial charge in [-0.1, -0.05) is 55.1 Å². The zero-order valence-corrected chi connectivity index (χ0v) is 15.8. The molecule has 27 heavy (non-hydrogen) atoms. The summed E-state index contributed by atoms with van der Waals surface area (Å²) in [5.41, 5.74) is 5.93. The van der Waals surface area contributed by atoms with Crippen LogP contribution in [0.2, 0.25) is 0 Å². The second kappa shape index (κ2) is 7.57. The van der Waals surface area contributed by atoms with E-state index in [1.165, 1.54) is 16.7 Å². The Bertz CT molecular complexity index is 836. The Balaban J connectivity index is 1.51. The lowest BCUT2D eigenvalue weighted by atomic mass is 9.88. The first-order valence-electron chi connectivity index (χ1n) is 9.52. The normalized spacial score (nSPS) is 18.7. The molecule has 1 aliphatic carbocycles. The molecule has 4 nitrogen and oxygen atoms in total. The largest absolute Gasteiger partial charge is 0.379 e. The summed E-state index contributed by atoms with van der Waals surface area (Å²) in [5, 5.41) is 3.30. The molecular formula is C23H26N2O2. The molecule has 1 aliphatic heterocycles. The van der Waals surface area contributed by atoms with Gasteiger partial charge in [-0.25, -0.2) is 0 Å². The summed E-state index contributed by atoms with van der Waals surface area (Å²) in [5.74, 6) is -0.0811. The highest BCUT2D eigenvalue weighted by molar-refractivity contribution is 5.85. The summed E-state index contributed by atoms with van der Waals surface area (Å²) < 4.78 is 5.24. The molecule has 1 atom stereocenters. The highest BCUT2D eigenvalue weighted by Gasteiger charge is 2.33. The molecule has 0 fully saturated rings. The van der Waals surface area contributed by atoms with Crippen LogP contribution in [0.25, 0.3) is 0 Å². The van der Waals surface area contributed by atoms with Crippen LogP contribution in [0.5, 0.6) is 0 Å². The topological polar surface area (TPSA) is 41.6 Å². The minimum Gasteiger partial charge on any atom is -0.379 e. The maximum absolute atomic E-state index is 13.2. The Morgan fingerprint density at radius 1 is 1.11 bits per heavy atom. The van der Waals surface area contributed by atoms with E-state index in [2.05, 4.69) is 53.2 Å². The summed E-state index contributed by atoms with van der Waals surface area (Å²) in [4.78, 5) is 15.4. The summed E-state index contributed by atoms with van der Waals surface area (Å²) in [6.45, 7) is 6.03. The molecule has 1 amide bonds. The minimum atomic E-state index is -0.188. The Labute approximate surface area is 160 Å². The molecule has 0 saturated carbocycles. The summed E-state index contributed by atoms with van der Waals surface area (Å²) in [7, 11) is 1.67. The second-order valence-corrected chi connectivity index (χ2v) is 7.51. The van der Waals surface area contributed by atoms with Gasteiger partial charge >= 0.3 is 0 Å². The summed E-state index contributed by atoms with van der Waals surface area (Å²) in [6, 6.07) is 16.9. The van der Waals surface area contributed by atoms with Gasteiger partial charge in [-0.2, -0.15) is 0 Å². The Morgan fingerprint density at radius 2 is 1.74 bits per heavy atom. The number of carbonyl (C=O) groups is 1. The van der Waals surface area contributed by atoms with E-state index in [0.29, 0.717) is 13.2 Å². The third-order valence-corrected chi connectivity index (χ3v) is 5.67. The number of rotatable bonds is 5. The van der Waals surface area contributed by atoms with E-state index in [4.69, 9.17) is 4.74 Å². The lowest BCUT2D eigenvalue weighted by molar-refractivity contribution is -0.123. The van der Waals surface area contributed by atoms with Crippen molar-refractivity contribution < 1.29 is 9.53 Å². The van der Waals surface area contributed by atoms with Gasteiger partial charge in [0.15, 0.2) is 0 Å². The van der Waals surface area contributed by atoms with E-state index in [-0.39, 0.29) is 17.9 Å². The molecule has 2 aromatic carbocycles. The molecule has 0 radical (unpaired) electrons. The fraction of sp³-hybridized carbons (Fsp3) is 0.348. The fourth-order valence-electron chi connectivity index (χ4n) is 4.29. The van der Waals surface area contributed by atoms with Gasteiger partial charge in [-0.15, -0.1) is 0 Å². The van der Waals surface area contributed by atoms with Crippen LogP contribution in [0.4, 0.5) is 0 Å². The summed E-state index contributed by atoms with van der Waals surface area (Å²) in [6.07, 6.45) is 1.83. The molecule has 1 unspecified atom stereocenters. The maximum Gasteiger partial charge on any atom is 0.229 e.